The van der Waals surface area contributed by atoms with Crippen molar-refractivity contribution < 1.29 is 9.84 Å². The summed E-state index contributed by atoms with van der Waals surface area (Å²) in [6, 6.07) is 31.8. The molecule has 0 radical (unpaired) electrons. The van der Waals surface area contributed by atoms with Crippen molar-refractivity contribution >= 4 is 27.6 Å². The predicted molar refractivity (Wildman–Crippen MR) is 143 cm³/mol. The molecule has 36 heavy (non-hydrogen) atoms. The third-order valence-corrected chi connectivity index (χ3v) is 6.66. The second kappa shape index (κ2) is 9.02. The first-order chi connectivity index (χ1) is 17.6. The maximum atomic E-state index is 14.3. The summed E-state index contributed by atoms with van der Waals surface area (Å²) in [7, 11) is 0. The quantitative estimate of drug-likeness (QED) is 0.260. The van der Waals surface area contributed by atoms with Crippen LogP contribution in [0.4, 0.5) is 11.6 Å². The van der Waals surface area contributed by atoms with Crippen LogP contribution in [0.3, 0.4) is 0 Å². The van der Waals surface area contributed by atoms with Crippen molar-refractivity contribution in [1.82, 2.24) is 9.55 Å². The number of benzene rings is 4. The van der Waals surface area contributed by atoms with Crippen LogP contribution in [0.2, 0.25) is 0 Å². The van der Waals surface area contributed by atoms with E-state index in [1.165, 1.54) is 0 Å². The van der Waals surface area contributed by atoms with Gasteiger partial charge in [-0.3, -0.25) is 4.79 Å². The van der Waals surface area contributed by atoms with Crippen molar-refractivity contribution in [1.29, 1.82) is 0 Å². The molecule has 4 aromatic carbocycles. The highest BCUT2D eigenvalue weighted by atomic mass is 79.9. The summed E-state index contributed by atoms with van der Waals surface area (Å²) in [5.74, 6) is 0.657. The van der Waals surface area contributed by atoms with Crippen molar-refractivity contribution in [2.24, 2.45) is 0 Å². The number of rotatable bonds is 4. The molecular weight excluding hydrogens is 518 g/mol. The highest BCUT2D eigenvalue weighted by Crippen LogP contribution is 2.46. The van der Waals surface area contributed by atoms with Gasteiger partial charge < -0.3 is 15.2 Å². The van der Waals surface area contributed by atoms with Crippen LogP contribution in [-0.2, 0) is 0 Å². The third kappa shape index (κ3) is 3.93. The number of anilines is 2. The summed E-state index contributed by atoms with van der Waals surface area (Å²) < 4.78 is 8.62. The van der Waals surface area contributed by atoms with E-state index in [1.807, 2.05) is 84.9 Å². The Morgan fingerprint density at radius 3 is 2.31 bits per heavy atom. The van der Waals surface area contributed by atoms with Gasteiger partial charge in [-0.25, -0.2) is 4.57 Å². The molecule has 0 spiro atoms. The van der Waals surface area contributed by atoms with Crippen LogP contribution in [-0.4, -0.2) is 14.7 Å². The molecule has 0 saturated carbocycles. The van der Waals surface area contributed by atoms with Crippen molar-refractivity contribution in [2.45, 2.75) is 5.92 Å². The van der Waals surface area contributed by atoms with Crippen LogP contribution < -0.4 is 15.6 Å². The number of fused-ring (bicyclic) bond motifs is 2. The number of phenolic OH excluding ortho intramolecular Hbond substituents is 1. The van der Waals surface area contributed by atoms with E-state index >= 15 is 0 Å². The van der Waals surface area contributed by atoms with Crippen LogP contribution in [0, 0.1) is 0 Å². The molecule has 0 bridgehead atoms. The Kier molecular flexibility index (Phi) is 5.54. The first-order valence-electron chi connectivity index (χ1n) is 11.4. The van der Waals surface area contributed by atoms with E-state index in [1.54, 1.807) is 22.8 Å². The molecule has 0 aliphatic carbocycles. The third-order valence-electron chi connectivity index (χ3n) is 6.13. The summed E-state index contributed by atoms with van der Waals surface area (Å²) in [5, 5.41) is 13.4. The molecule has 5 aromatic rings. The average Bonchev–Trinajstić information content (AvgIpc) is 2.89. The molecule has 0 amide bonds. The Bertz CT molecular complexity index is 1620. The fraction of sp³-hybridized carbons (Fsp3) is 0.0345. The second-order valence-corrected chi connectivity index (χ2v) is 9.35. The zero-order valence-electron chi connectivity index (χ0n) is 18.9. The fourth-order valence-electron chi connectivity index (χ4n) is 4.50. The van der Waals surface area contributed by atoms with Gasteiger partial charge in [0.15, 0.2) is 0 Å². The van der Waals surface area contributed by atoms with Gasteiger partial charge in [0.05, 0.1) is 11.3 Å². The monoisotopic (exact) mass is 537 g/mol. The Morgan fingerprint density at radius 2 is 1.58 bits per heavy atom. The molecule has 1 atom stereocenters. The Balaban J connectivity index is 1.63. The Hall–Kier alpha value is -4.36. The van der Waals surface area contributed by atoms with E-state index in [2.05, 4.69) is 21.2 Å². The van der Waals surface area contributed by atoms with Crippen LogP contribution in [0.25, 0.3) is 5.69 Å². The van der Waals surface area contributed by atoms with Gasteiger partial charge in [-0.1, -0.05) is 70.5 Å². The van der Waals surface area contributed by atoms with Crippen LogP contribution >= 0.6 is 15.9 Å². The average molecular weight is 538 g/mol. The van der Waals surface area contributed by atoms with Gasteiger partial charge in [-0.15, -0.1) is 0 Å². The van der Waals surface area contributed by atoms with Gasteiger partial charge in [0.1, 0.15) is 11.5 Å². The van der Waals surface area contributed by atoms with E-state index in [0.29, 0.717) is 22.9 Å². The lowest BCUT2D eigenvalue weighted by atomic mass is 9.84. The molecule has 6 rings (SSSR count). The van der Waals surface area contributed by atoms with E-state index in [-0.39, 0.29) is 17.2 Å². The number of aromatic hydroxyl groups is 1. The maximum Gasteiger partial charge on any atom is 0.267 e. The number of hydrogen-bond acceptors (Lipinski definition) is 5. The zero-order valence-corrected chi connectivity index (χ0v) is 20.5. The highest BCUT2D eigenvalue weighted by molar-refractivity contribution is 9.10. The van der Waals surface area contributed by atoms with Crippen molar-refractivity contribution in [3.8, 4) is 23.1 Å². The molecule has 1 aliphatic heterocycles. The number of hydrogen-bond donors (Lipinski definition) is 2. The smallest absolute Gasteiger partial charge is 0.267 e. The second-order valence-electron chi connectivity index (χ2n) is 8.43. The maximum absolute atomic E-state index is 14.3. The number of para-hydroxylation sites is 1. The van der Waals surface area contributed by atoms with Gasteiger partial charge >= 0.3 is 0 Å². The number of nitrogens with zero attached hydrogens (tertiary/aromatic N) is 2. The number of phenols is 1. The molecule has 1 aromatic heterocycles. The molecule has 7 heteroatoms. The van der Waals surface area contributed by atoms with Gasteiger partial charge in [0.25, 0.3) is 5.56 Å². The number of halogens is 1. The minimum absolute atomic E-state index is 0.0786. The first-order valence-corrected chi connectivity index (χ1v) is 12.2. The van der Waals surface area contributed by atoms with Crippen LogP contribution in [0.15, 0.2) is 112 Å². The van der Waals surface area contributed by atoms with E-state index in [9.17, 15) is 9.90 Å². The SMILES string of the molecule is O=c1c2c(nc(Nc3ccccc3)n1-c1ccc(Br)cc1)Oc1cc(O)ccc1C2c1ccccc1. The fourth-order valence-corrected chi connectivity index (χ4v) is 4.77. The lowest BCUT2D eigenvalue weighted by Gasteiger charge is -2.29. The number of nitrogens with one attached hydrogen (secondary N) is 1. The predicted octanol–water partition coefficient (Wildman–Crippen LogP) is 6.73. The van der Waals surface area contributed by atoms with Crippen molar-refractivity contribution in [2.75, 3.05) is 5.32 Å². The normalized spacial score (nSPS) is 13.9. The number of ether oxygens (including phenoxy) is 1. The molecule has 2 heterocycles. The van der Waals surface area contributed by atoms with Gasteiger partial charge in [-0.05, 0) is 48.0 Å². The van der Waals surface area contributed by atoms with Gasteiger partial charge in [-0.2, -0.15) is 4.98 Å². The molecule has 1 aliphatic rings. The zero-order chi connectivity index (χ0) is 24.6. The topological polar surface area (TPSA) is 76.4 Å². The molecule has 0 saturated heterocycles. The minimum atomic E-state index is -0.418. The minimum Gasteiger partial charge on any atom is -0.508 e. The molecule has 6 nitrogen and oxygen atoms in total. The van der Waals surface area contributed by atoms with Gasteiger partial charge in [0.2, 0.25) is 11.8 Å². The summed E-state index contributed by atoms with van der Waals surface area (Å²) in [6.45, 7) is 0. The largest absolute Gasteiger partial charge is 0.508 e. The van der Waals surface area contributed by atoms with Crippen molar-refractivity contribution in [3.63, 3.8) is 0 Å². The van der Waals surface area contributed by atoms with Crippen LogP contribution in [0.5, 0.6) is 17.4 Å². The van der Waals surface area contributed by atoms with Crippen molar-refractivity contribution in [3.05, 3.63) is 135 Å². The summed E-state index contributed by atoms with van der Waals surface area (Å²) in [6.07, 6.45) is 0. The standard InChI is InChI=1S/C29H20BrN3O3/c30-19-11-13-21(14-12-19)33-28(35)26-25(18-7-3-1-4-8-18)23-16-15-22(34)17-24(23)36-27(26)32-29(33)31-20-9-5-2-6-10-20/h1-17,25,34H,(H,31,32). The van der Waals surface area contributed by atoms with Gasteiger partial charge in [0, 0.05) is 27.7 Å². The molecule has 2 N–H and O–H groups in total. The van der Waals surface area contributed by atoms with E-state index in [0.717, 1.165) is 21.3 Å². The lowest BCUT2D eigenvalue weighted by molar-refractivity contribution is 0.420. The molecule has 176 valence electrons. The molecule has 1 unspecified atom stereocenters. The Labute approximate surface area is 215 Å². The van der Waals surface area contributed by atoms with E-state index < -0.39 is 5.92 Å². The summed E-state index contributed by atoms with van der Waals surface area (Å²) in [4.78, 5) is 19.1. The summed E-state index contributed by atoms with van der Waals surface area (Å²) in [5.41, 5.74) is 3.36. The lowest BCUT2D eigenvalue weighted by Crippen LogP contribution is -2.30. The molecule has 0 fully saturated rings. The van der Waals surface area contributed by atoms with E-state index in [4.69, 9.17) is 9.72 Å². The number of aromatic nitrogens is 2. The van der Waals surface area contributed by atoms with Crippen LogP contribution in [0.1, 0.15) is 22.6 Å². The Morgan fingerprint density at radius 1 is 0.889 bits per heavy atom. The summed E-state index contributed by atoms with van der Waals surface area (Å²) >= 11 is 3.47. The highest BCUT2D eigenvalue weighted by Gasteiger charge is 2.34. The molecular formula is C29H20BrN3O3. The first kappa shape index (κ1) is 22.1.